The number of rotatable bonds is 22. The summed E-state index contributed by atoms with van der Waals surface area (Å²) in [4.78, 5) is 72.7. The van der Waals surface area contributed by atoms with Crippen LogP contribution in [0.5, 0.6) is 11.5 Å². The number of hydrogen-bond donors (Lipinski definition) is 2. The lowest BCUT2D eigenvalue weighted by molar-refractivity contribution is -0.202. The number of carbonyl (C=O) groups is 4. The number of hydrogen-bond acceptors (Lipinski definition) is 13. The van der Waals surface area contributed by atoms with Crippen LogP contribution in [-0.2, 0) is 51.6 Å². The van der Waals surface area contributed by atoms with Gasteiger partial charge >= 0.3 is 6.09 Å². The zero-order valence-corrected chi connectivity index (χ0v) is 39.6. The second kappa shape index (κ2) is 24.3. The average Bonchev–Trinajstić information content (AvgIpc) is 3.32. The zero-order valence-electron chi connectivity index (χ0n) is 38.8. The second-order valence-corrected chi connectivity index (χ2v) is 20.3. The third kappa shape index (κ3) is 15.1. The van der Waals surface area contributed by atoms with E-state index in [9.17, 15) is 27.6 Å². The van der Waals surface area contributed by atoms with Crippen molar-refractivity contribution in [2.45, 2.75) is 132 Å². The number of alkyl carbamates (subject to hydrolysis) is 1. The van der Waals surface area contributed by atoms with E-state index in [0.717, 1.165) is 24.2 Å². The number of hydroxylamine groups is 1. The van der Waals surface area contributed by atoms with Gasteiger partial charge in [0.25, 0.3) is 5.91 Å². The van der Waals surface area contributed by atoms with Crippen LogP contribution in [0.25, 0.3) is 0 Å². The Bertz CT molecular complexity index is 2260. The minimum Gasteiger partial charge on any atom is -0.457 e. The molecule has 0 bridgehead atoms. The van der Waals surface area contributed by atoms with E-state index in [2.05, 4.69) is 25.7 Å². The number of ether oxygens (including phenoxy) is 3. The Kier molecular flexibility index (Phi) is 18.4. The molecule has 16 nitrogen and oxygen atoms in total. The van der Waals surface area contributed by atoms with Gasteiger partial charge in [-0.3, -0.25) is 29.3 Å². The number of sulfone groups is 1. The monoisotopic (exact) mass is 940 g/mol. The number of ketones is 1. The Balaban J connectivity index is 1.08. The van der Waals surface area contributed by atoms with Crippen molar-refractivity contribution >= 4 is 33.5 Å². The lowest BCUT2D eigenvalue weighted by Crippen LogP contribution is -2.60. The zero-order chi connectivity index (χ0) is 47.7. The number of carbonyl (C=O) groups excluding carboxylic acids is 4. The van der Waals surface area contributed by atoms with E-state index in [4.69, 9.17) is 19.0 Å². The summed E-state index contributed by atoms with van der Waals surface area (Å²) in [6, 6.07) is 25.5. The molecule has 17 heteroatoms. The van der Waals surface area contributed by atoms with E-state index >= 15 is 0 Å². The molecule has 3 amide bonds. The van der Waals surface area contributed by atoms with Gasteiger partial charge in [0.15, 0.2) is 20.9 Å². The van der Waals surface area contributed by atoms with E-state index in [1.165, 1.54) is 29.2 Å². The first-order valence-electron chi connectivity index (χ1n) is 23.2. The molecule has 6 rings (SSSR count). The molecule has 0 radical (unpaired) electrons. The van der Waals surface area contributed by atoms with Gasteiger partial charge in [-0.15, -0.1) is 0 Å². The molecule has 4 heterocycles. The molecule has 0 saturated carbocycles. The van der Waals surface area contributed by atoms with Gasteiger partial charge in [-0.1, -0.05) is 43.2 Å². The molecule has 2 N–H and O–H groups in total. The number of nitrogens with one attached hydrogen (secondary N) is 2. The first-order chi connectivity index (χ1) is 32.2. The normalized spacial score (nSPS) is 16.7. The molecule has 67 heavy (non-hydrogen) atoms. The van der Waals surface area contributed by atoms with Crippen LogP contribution in [0.1, 0.15) is 103 Å². The molecule has 360 valence electrons. The summed E-state index contributed by atoms with van der Waals surface area (Å²) in [6.45, 7) is 7.13. The highest BCUT2D eigenvalue weighted by molar-refractivity contribution is 7.93. The number of pyridine rings is 2. The Hall–Kier alpha value is -5.75. The molecule has 2 saturated heterocycles. The van der Waals surface area contributed by atoms with Gasteiger partial charge < -0.3 is 24.4 Å². The van der Waals surface area contributed by atoms with Gasteiger partial charge in [0, 0.05) is 71.0 Å². The minimum absolute atomic E-state index is 0.0917. The first-order valence-corrected chi connectivity index (χ1v) is 24.7. The Morgan fingerprint density at radius 2 is 1.46 bits per heavy atom. The minimum atomic E-state index is -4.39. The molecular formula is C50H64N6O10S. The highest BCUT2D eigenvalue weighted by Gasteiger charge is 2.54. The van der Waals surface area contributed by atoms with Crippen LogP contribution in [0, 0.1) is 0 Å². The van der Waals surface area contributed by atoms with Gasteiger partial charge in [-0.05, 0) is 120 Å². The van der Waals surface area contributed by atoms with Crippen LogP contribution in [0.15, 0.2) is 108 Å². The summed E-state index contributed by atoms with van der Waals surface area (Å²) in [5.41, 5.74) is 3.38. The highest BCUT2D eigenvalue weighted by Crippen LogP contribution is 2.37. The number of benzene rings is 2. The number of Topliss-reactive ketones (excluding diaryl/α,β-unsaturated/α-hetero) is 1. The Labute approximate surface area is 394 Å². The summed E-state index contributed by atoms with van der Waals surface area (Å²) < 4.78 is 44.3. The van der Waals surface area contributed by atoms with Crippen molar-refractivity contribution in [3.63, 3.8) is 0 Å². The van der Waals surface area contributed by atoms with Crippen molar-refractivity contribution in [2.75, 3.05) is 26.2 Å². The van der Waals surface area contributed by atoms with Gasteiger partial charge in [0.1, 0.15) is 28.9 Å². The molecule has 2 aliphatic rings. The number of aromatic nitrogens is 2. The number of nitrogens with zero attached hydrogens (tertiary/aromatic N) is 4. The van der Waals surface area contributed by atoms with E-state index in [1.807, 2.05) is 54.6 Å². The molecule has 1 unspecified atom stereocenters. The van der Waals surface area contributed by atoms with Crippen molar-refractivity contribution in [1.29, 1.82) is 0 Å². The molecule has 2 fully saturated rings. The summed E-state index contributed by atoms with van der Waals surface area (Å²) in [7, 11) is -4.39. The number of piperidine rings is 1. The van der Waals surface area contributed by atoms with Crippen LogP contribution in [0.4, 0.5) is 4.79 Å². The standard InChI is InChI=1S/C50H64N6O10S/c1-49(2,3)65-48(60)53-44(21-9-4-6-18-40(57)27-32-55(36-38-16-10-13-30-51-38)37-39-17-11-14-31-52-39)46(58)56-33-28-50(29-34-56,47(59)54-66-45-22-12-15-35-63-45)67(61,62)43-25-23-42(24-26-43)64-41-19-7-5-8-20-41/h5,7-8,10-11,13-14,16-17,19-20,23-26,30-31,44-45H,4,6,9,12,15,18,21-22,27-29,32-37H2,1-3H3,(H,53,60)(H,54,59)/t44-,45?/m0/s1. The van der Waals surface area contributed by atoms with Gasteiger partial charge in [-0.25, -0.2) is 23.5 Å². The predicted molar refractivity (Wildman–Crippen MR) is 250 cm³/mol. The van der Waals surface area contributed by atoms with Gasteiger partial charge in [-0.2, -0.15) is 0 Å². The molecule has 2 aromatic carbocycles. The summed E-state index contributed by atoms with van der Waals surface area (Å²) in [6.07, 6.45) is 6.46. The third-order valence-electron chi connectivity index (χ3n) is 11.7. The predicted octanol–water partition coefficient (Wildman–Crippen LogP) is 7.48. The first kappa shape index (κ1) is 50.7. The molecule has 2 aliphatic heterocycles. The van der Waals surface area contributed by atoms with Crippen molar-refractivity contribution in [3.8, 4) is 11.5 Å². The summed E-state index contributed by atoms with van der Waals surface area (Å²) >= 11 is 0. The maximum atomic E-state index is 14.6. The number of likely N-dealkylation sites (tertiary alicyclic amines) is 1. The molecule has 0 aliphatic carbocycles. The molecule has 4 aromatic rings. The van der Waals surface area contributed by atoms with Crippen LogP contribution in [-0.4, -0.2) is 101 Å². The van der Waals surface area contributed by atoms with E-state index < -0.39 is 50.4 Å². The molecule has 2 atom stereocenters. The highest BCUT2D eigenvalue weighted by atomic mass is 32.2. The van der Waals surface area contributed by atoms with Crippen molar-refractivity contribution in [1.82, 2.24) is 30.6 Å². The van der Waals surface area contributed by atoms with Crippen molar-refractivity contribution < 1.29 is 46.6 Å². The average molecular weight is 941 g/mol. The Morgan fingerprint density at radius 3 is 2.06 bits per heavy atom. The summed E-state index contributed by atoms with van der Waals surface area (Å²) in [5, 5.41) is 2.74. The van der Waals surface area contributed by atoms with Gasteiger partial charge in [0.05, 0.1) is 16.3 Å². The SMILES string of the molecule is CC(C)(C)OC(=O)N[C@@H](CCCCCC(=O)CCN(Cc1ccccn1)Cc1ccccn1)C(=O)N1CCC(C(=O)NOC2CCCCO2)(S(=O)(=O)c2ccc(Oc3ccccc3)cc2)CC1. The number of unbranched alkanes of at least 4 members (excludes halogenated alkanes) is 2. The largest absolute Gasteiger partial charge is 0.457 e. The van der Waals surface area contributed by atoms with Crippen molar-refractivity contribution in [2.24, 2.45) is 0 Å². The maximum Gasteiger partial charge on any atom is 0.408 e. The van der Waals surface area contributed by atoms with E-state index in [-0.39, 0.29) is 43.0 Å². The van der Waals surface area contributed by atoms with E-state index in [1.54, 1.807) is 45.3 Å². The lowest BCUT2D eigenvalue weighted by Gasteiger charge is -2.41. The van der Waals surface area contributed by atoms with E-state index in [0.29, 0.717) is 76.3 Å². The molecular weight excluding hydrogens is 877 g/mol. The fourth-order valence-corrected chi connectivity index (χ4v) is 10.0. The molecule has 0 spiro atoms. The smallest absolute Gasteiger partial charge is 0.408 e. The number of amides is 3. The van der Waals surface area contributed by atoms with Crippen LogP contribution < -0.4 is 15.5 Å². The fourth-order valence-electron chi connectivity index (χ4n) is 8.10. The lowest BCUT2D eigenvalue weighted by atomic mass is 9.94. The molecule has 2 aromatic heterocycles. The second-order valence-electron chi connectivity index (χ2n) is 18.0. The van der Waals surface area contributed by atoms with Crippen molar-refractivity contribution in [3.05, 3.63) is 115 Å². The fraction of sp³-hybridized carbons (Fsp3) is 0.480. The quantitative estimate of drug-likeness (QED) is 0.0582. The Morgan fingerprint density at radius 1 is 0.821 bits per heavy atom. The maximum absolute atomic E-state index is 14.6. The summed E-state index contributed by atoms with van der Waals surface area (Å²) in [5.74, 6) is -0.177. The van der Waals surface area contributed by atoms with Crippen LogP contribution >= 0.6 is 0 Å². The van der Waals surface area contributed by atoms with Crippen LogP contribution in [0.2, 0.25) is 0 Å². The number of para-hydroxylation sites is 1. The third-order valence-corrected chi connectivity index (χ3v) is 14.2. The van der Waals surface area contributed by atoms with Crippen LogP contribution in [0.3, 0.4) is 0 Å². The van der Waals surface area contributed by atoms with Gasteiger partial charge in [0.2, 0.25) is 5.91 Å². The topological polar surface area (TPSA) is 196 Å².